The zero-order valence-electron chi connectivity index (χ0n) is 13.8. The lowest BCUT2D eigenvalue weighted by atomic mass is 10.3. The number of hydrogen-bond acceptors (Lipinski definition) is 3. The van der Waals surface area contributed by atoms with Crippen LogP contribution in [0.4, 0.5) is 5.69 Å². The second-order valence-corrected chi connectivity index (χ2v) is 4.67. The molecule has 3 N–H and O–H groups in total. The van der Waals surface area contributed by atoms with Crippen LogP contribution >= 0.6 is 24.0 Å². The third kappa shape index (κ3) is 10.9. The molecule has 0 unspecified atom stereocenters. The number of halogens is 1. The molecule has 0 bridgehead atoms. The van der Waals surface area contributed by atoms with E-state index in [9.17, 15) is 4.79 Å². The maximum Gasteiger partial charge on any atom is 0.243 e. The smallest absolute Gasteiger partial charge is 0.243 e. The van der Waals surface area contributed by atoms with E-state index in [1.54, 1.807) is 7.05 Å². The van der Waals surface area contributed by atoms with Gasteiger partial charge in [-0.15, -0.1) is 24.0 Å². The molecule has 0 radical (unpaired) electrons. The highest BCUT2D eigenvalue weighted by Gasteiger charge is 2.03. The van der Waals surface area contributed by atoms with Crippen molar-refractivity contribution in [3.8, 4) is 0 Å². The molecular formula is C16H27IN4O2. The number of ether oxygens (including phenoxy) is 1. The van der Waals surface area contributed by atoms with Crippen LogP contribution in [0.25, 0.3) is 0 Å². The third-order valence-corrected chi connectivity index (χ3v) is 2.91. The van der Waals surface area contributed by atoms with Gasteiger partial charge in [0.25, 0.3) is 0 Å². The number of anilines is 1. The minimum atomic E-state index is -0.106. The van der Waals surface area contributed by atoms with Crippen molar-refractivity contribution in [2.24, 2.45) is 4.99 Å². The molecule has 23 heavy (non-hydrogen) atoms. The Kier molecular flexibility index (Phi) is 13.4. The lowest BCUT2D eigenvalue weighted by molar-refractivity contribution is -0.115. The van der Waals surface area contributed by atoms with Gasteiger partial charge in [0, 0.05) is 32.5 Å². The van der Waals surface area contributed by atoms with Gasteiger partial charge < -0.3 is 20.7 Å². The van der Waals surface area contributed by atoms with Gasteiger partial charge in [0.1, 0.15) is 0 Å². The van der Waals surface area contributed by atoms with E-state index in [4.69, 9.17) is 4.74 Å². The molecule has 0 aliphatic heterocycles. The lowest BCUT2D eigenvalue weighted by Gasteiger charge is -2.12. The molecule has 0 fully saturated rings. The van der Waals surface area contributed by atoms with Crippen molar-refractivity contribution in [3.05, 3.63) is 30.3 Å². The summed E-state index contributed by atoms with van der Waals surface area (Å²) in [5.74, 6) is 0.519. The average molecular weight is 434 g/mol. The Morgan fingerprint density at radius 3 is 2.57 bits per heavy atom. The predicted molar refractivity (Wildman–Crippen MR) is 106 cm³/mol. The van der Waals surface area contributed by atoms with Crippen molar-refractivity contribution < 1.29 is 9.53 Å². The van der Waals surface area contributed by atoms with E-state index in [0.29, 0.717) is 5.96 Å². The molecule has 0 aliphatic rings. The van der Waals surface area contributed by atoms with E-state index < -0.39 is 0 Å². The van der Waals surface area contributed by atoms with Gasteiger partial charge >= 0.3 is 0 Å². The van der Waals surface area contributed by atoms with Crippen LogP contribution in [-0.4, -0.2) is 45.2 Å². The molecule has 0 atom stereocenters. The fraction of sp³-hybridized carbons (Fsp3) is 0.500. The van der Waals surface area contributed by atoms with Gasteiger partial charge in [-0.2, -0.15) is 0 Å². The van der Waals surface area contributed by atoms with Crippen LogP contribution in [0.3, 0.4) is 0 Å². The van der Waals surface area contributed by atoms with Gasteiger partial charge in [-0.05, 0) is 31.9 Å². The van der Waals surface area contributed by atoms with E-state index >= 15 is 0 Å². The summed E-state index contributed by atoms with van der Waals surface area (Å²) in [5.41, 5.74) is 0.785. The number of para-hydroxylation sites is 1. The Bertz CT molecular complexity index is 455. The van der Waals surface area contributed by atoms with Crippen LogP contribution in [0.2, 0.25) is 0 Å². The van der Waals surface area contributed by atoms with Gasteiger partial charge in [-0.1, -0.05) is 18.2 Å². The number of aliphatic imine (C=N–C) groups is 1. The average Bonchev–Trinajstić information content (AvgIpc) is 2.54. The molecule has 0 aliphatic carbocycles. The number of amides is 1. The molecule has 130 valence electrons. The molecule has 0 saturated heterocycles. The van der Waals surface area contributed by atoms with Crippen LogP contribution in [0.15, 0.2) is 35.3 Å². The summed E-state index contributed by atoms with van der Waals surface area (Å²) in [6, 6.07) is 9.37. The highest BCUT2D eigenvalue weighted by atomic mass is 127. The number of unbranched alkanes of at least 4 members (excludes halogenated alkanes) is 1. The second kappa shape index (κ2) is 14.3. The Labute approximate surface area is 155 Å². The standard InChI is InChI=1S/C16H26N4O2.HI/c1-3-22-12-8-7-11-18-16(17-2)19-13-15(21)20-14-9-5-4-6-10-14;/h4-6,9-10H,3,7-8,11-13H2,1-2H3,(H,20,21)(H2,17,18,19);1H. The van der Waals surface area contributed by atoms with E-state index in [1.165, 1.54) is 0 Å². The first-order valence-corrected chi connectivity index (χ1v) is 7.63. The van der Waals surface area contributed by atoms with Crippen LogP contribution in [0, 0.1) is 0 Å². The SMILES string of the molecule is CCOCCCCNC(=NC)NCC(=O)Nc1ccccc1.I. The Hall–Kier alpha value is -1.35. The largest absolute Gasteiger partial charge is 0.382 e. The van der Waals surface area contributed by atoms with Crippen LogP contribution in [0.5, 0.6) is 0 Å². The van der Waals surface area contributed by atoms with Crippen LogP contribution < -0.4 is 16.0 Å². The first kappa shape index (κ1) is 21.6. The summed E-state index contributed by atoms with van der Waals surface area (Å²) in [6.45, 7) is 4.50. The van der Waals surface area contributed by atoms with Crippen molar-refractivity contribution in [3.63, 3.8) is 0 Å². The van der Waals surface area contributed by atoms with Crippen LogP contribution in [0.1, 0.15) is 19.8 Å². The summed E-state index contributed by atoms with van der Waals surface area (Å²) < 4.78 is 5.28. The number of nitrogens with one attached hydrogen (secondary N) is 3. The molecule has 1 aromatic carbocycles. The first-order valence-electron chi connectivity index (χ1n) is 7.63. The fourth-order valence-corrected chi connectivity index (χ4v) is 1.79. The van der Waals surface area contributed by atoms with Gasteiger partial charge in [-0.25, -0.2) is 0 Å². The van der Waals surface area contributed by atoms with Crippen LogP contribution in [-0.2, 0) is 9.53 Å². The third-order valence-electron chi connectivity index (χ3n) is 2.91. The molecule has 0 aromatic heterocycles. The van der Waals surface area contributed by atoms with E-state index in [0.717, 1.165) is 38.3 Å². The van der Waals surface area contributed by atoms with Gasteiger partial charge in [0.15, 0.2) is 5.96 Å². The van der Waals surface area contributed by atoms with Gasteiger partial charge in [-0.3, -0.25) is 9.79 Å². The zero-order chi connectivity index (χ0) is 16.0. The highest BCUT2D eigenvalue weighted by molar-refractivity contribution is 14.0. The number of benzene rings is 1. The molecule has 0 heterocycles. The fourth-order valence-electron chi connectivity index (χ4n) is 1.79. The number of guanidine groups is 1. The number of rotatable bonds is 9. The zero-order valence-corrected chi connectivity index (χ0v) is 16.1. The lowest BCUT2D eigenvalue weighted by Crippen LogP contribution is -2.41. The number of hydrogen-bond donors (Lipinski definition) is 3. The van der Waals surface area contributed by atoms with E-state index in [2.05, 4.69) is 20.9 Å². The summed E-state index contributed by atoms with van der Waals surface area (Å²) in [5, 5.41) is 8.97. The minimum absolute atomic E-state index is 0. The first-order chi connectivity index (χ1) is 10.8. The number of carbonyl (C=O) groups is 1. The molecular weight excluding hydrogens is 407 g/mol. The number of nitrogens with zero attached hydrogens (tertiary/aromatic N) is 1. The number of carbonyl (C=O) groups excluding carboxylic acids is 1. The maximum absolute atomic E-state index is 11.8. The Morgan fingerprint density at radius 1 is 1.17 bits per heavy atom. The molecule has 1 rings (SSSR count). The minimum Gasteiger partial charge on any atom is -0.382 e. The Balaban J connectivity index is 0.00000484. The summed E-state index contributed by atoms with van der Waals surface area (Å²) >= 11 is 0. The van der Waals surface area contributed by atoms with Gasteiger partial charge in [0.2, 0.25) is 5.91 Å². The Morgan fingerprint density at radius 2 is 1.91 bits per heavy atom. The van der Waals surface area contributed by atoms with Crippen molar-refractivity contribution in [2.75, 3.05) is 38.7 Å². The summed E-state index contributed by atoms with van der Waals surface area (Å²) in [4.78, 5) is 15.9. The molecule has 1 amide bonds. The predicted octanol–water partition coefficient (Wildman–Crippen LogP) is 2.22. The normalized spacial score (nSPS) is 10.6. The second-order valence-electron chi connectivity index (χ2n) is 4.67. The van der Waals surface area contributed by atoms with Gasteiger partial charge in [0.05, 0.1) is 6.54 Å². The van der Waals surface area contributed by atoms with Crippen molar-refractivity contribution in [1.82, 2.24) is 10.6 Å². The van der Waals surface area contributed by atoms with E-state index in [1.807, 2.05) is 37.3 Å². The van der Waals surface area contributed by atoms with Crippen molar-refractivity contribution in [2.45, 2.75) is 19.8 Å². The summed E-state index contributed by atoms with van der Waals surface area (Å²) in [7, 11) is 1.69. The monoisotopic (exact) mass is 434 g/mol. The molecule has 7 heteroatoms. The molecule has 6 nitrogen and oxygen atoms in total. The maximum atomic E-state index is 11.8. The van der Waals surface area contributed by atoms with Crippen molar-refractivity contribution >= 4 is 41.5 Å². The molecule has 0 spiro atoms. The van der Waals surface area contributed by atoms with E-state index in [-0.39, 0.29) is 36.4 Å². The summed E-state index contributed by atoms with van der Waals surface area (Å²) in [6.07, 6.45) is 2.00. The topological polar surface area (TPSA) is 74.8 Å². The quantitative estimate of drug-likeness (QED) is 0.241. The molecule has 0 saturated carbocycles. The van der Waals surface area contributed by atoms with Crippen molar-refractivity contribution in [1.29, 1.82) is 0 Å². The highest BCUT2D eigenvalue weighted by Crippen LogP contribution is 2.03. The molecule has 1 aromatic rings.